The van der Waals surface area contributed by atoms with Gasteiger partial charge in [-0.3, -0.25) is 0 Å². The maximum absolute atomic E-state index is 9.41. The number of rotatable bonds is 2. The van der Waals surface area contributed by atoms with Gasteiger partial charge in [0.05, 0.1) is 0 Å². The highest BCUT2D eigenvalue weighted by atomic mass is 15.4. The van der Waals surface area contributed by atoms with Gasteiger partial charge in [-0.1, -0.05) is 6.92 Å². The quantitative estimate of drug-likeness (QED) is 0.893. The Balaban J connectivity index is 2.04. The maximum Gasteiger partial charge on any atom is 0.178 e. The van der Waals surface area contributed by atoms with Crippen LogP contribution < -0.4 is 10.6 Å². The molecule has 1 fully saturated rings. The Morgan fingerprint density at radius 3 is 3.00 bits per heavy atom. The van der Waals surface area contributed by atoms with Crippen LogP contribution in [0.2, 0.25) is 0 Å². The molecule has 7 heteroatoms. The third-order valence-electron chi connectivity index (χ3n) is 3.75. The Labute approximate surface area is 123 Å². The van der Waals surface area contributed by atoms with Crippen LogP contribution in [0.5, 0.6) is 0 Å². The first-order valence-electron chi connectivity index (χ1n) is 7.02. The number of hydrogen-bond acceptors (Lipinski definition) is 6. The number of nitrogen functional groups attached to an aromatic ring is 1. The summed E-state index contributed by atoms with van der Waals surface area (Å²) in [5, 5.41) is 21.7. The molecule has 2 aromatic heterocycles. The van der Waals surface area contributed by atoms with Gasteiger partial charge in [0.15, 0.2) is 11.6 Å². The Hall–Kier alpha value is -2.62. The van der Waals surface area contributed by atoms with E-state index in [9.17, 15) is 5.26 Å². The first kappa shape index (κ1) is 13.4. The molecular formula is C14H17N7. The van der Waals surface area contributed by atoms with Crippen LogP contribution in [-0.4, -0.2) is 33.1 Å². The molecule has 21 heavy (non-hydrogen) atoms. The van der Waals surface area contributed by atoms with Crippen LogP contribution in [0.25, 0.3) is 5.82 Å². The van der Waals surface area contributed by atoms with Crippen molar-refractivity contribution in [1.82, 2.24) is 20.0 Å². The molecule has 0 aromatic carbocycles. The predicted octanol–water partition coefficient (Wildman–Crippen LogP) is 1.35. The van der Waals surface area contributed by atoms with Crippen molar-refractivity contribution < 1.29 is 0 Å². The van der Waals surface area contributed by atoms with E-state index in [4.69, 9.17) is 5.73 Å². The molecule has 1 aliphatic rings. The first-order valence-corrected chi connectivity index (χ1v) is 7.02. The molecule has 3 rings (SSSR count). The van der Waals surface area contributed by atoms with Gasteiger partial charge in [0.25, 0.3) is 0 Å². The van der Waals surface area contributed by atoms with Gasteiger partial charge >= 0.3 is 0 Å². The van der Waals surface area contributed by atoms with E-state index in [-0.39, 0.29) is 0 Å². The van der Waals surface area contributed by atoms with E-state index in [2.05, 4.69) is 33.2 Å². The fraction of sp³-hybridized carbons (Fsp3) is 0.429. The Morgan fingerprint density at radius 1 is 1.48 bits per heavy atom. The van der Waals surface area contributed by atoms with E-state index in [0.717, 1.165) is 19.5 Å². The zero-order valence-corrected chi connectivity index (χ0v) is 11.9. The van der Waals surface area contributed by atoms with E-state index in [0.29, 0.717) is 28.9 Å². The lowest BCUT2D eigenvalue weighted by molar-refractivity contribution is 0.444. The van der Waals surface area contributed by atoms with Crippen LogP contribution in [0.15, 0.2) is 18.3 Å². The molecule has 0 amide bonds. The summed E-state index contributed by atoms with van der Waals surface area (Å²) in [6.07, 6.45) is 3.89. The average Bonchev–Trinajstić information content (AvgIpc) is 2.85. The van der Waals surface area contributed by atoms with E-state index < -0.39 is 0 Å². The zero-order valence-electron chi connectivity index (χ0n) is 11.9. The van der Waals surface area contributed by atoms with Crippen molar-refractivity contribution >= 4 is 11.6 Å². The van der Waals surface area contributed by atoms with Gasteiger partial charge in [-0.2, -0.15) is 15.0 Å². The molecule has 7 nitrogen and oxygen atoms in total. The summed E-state index contributed by atoms with van der Waals surface area (Å²) >= 11 is 0. The number of nitriles is 1. The van der Waals surface area contributed by atoms with Crippen molar-refractivity contribution in [3.05, 3.63) is 23.9 Å². The van der Waals surface area contributed by atoms with E-state index in [1.165, 1.54) is 11.1 Å². The standard InChI is InChI=1S/C14H17N7/c1-10-4-3-7-20(9-10)14-11(8-15)13(16)21(19-14)12-5-2-6-17-18-12/h2,5-6,10H,3-4,7,9,16H2,1H3. The van der Waals surface area contributed by atoms with E-state index in [1.54, 1.807) is 18.3 Å². The predicted molar refractivity (Wildman–Crippen MR) is 78.9 cm³/mol. The summed E-state index contributed by atoms with van der Waals surface area (Å²) in [6.45, 7) is 4.00. The fourth-order valence-corrected chi connectivity index (χ4v) is 2.71. The molecule has 1 saturated heterocycles. The molecule has 2 N–H and O–H groups in total. The number of hydrogen-bond donors (Lipinski definition) is 1. The van der Waals surface area contributed by atoms with Gasteiger partial charge in [0.1, 0.15) is 17.5 Å². The highest BCUT2D eigenvalue weighted by Crippen LogP contribution is 2.29. The van der Waals surface area contributed by atoms with Gasteiger partial charge < -0.3 is 10.6 Å². The topological polar surface area (TPSA) is 96.7 Å². The largest absolute Gasteiger partial charge is 0.382 e. The minimum Gasteiger partial charge on any atom is -0.382 e. The molecule has 1 unspecified atom stereocenters. The third kappa shape index (κ3) is 2.40. The maximum atomic E-state index is 9.41. The molecule has 0 spiro atoms. The lowest BCUT2D eigenvalue weighted by Crippen LogP contribution is -2.35. The molecule has 1 aliphatic heterocycles. The zero-order chi connectivity index (χ0) is 14.8. The lowest BCUT2D eigenvalue weighted by atomic mass is 10.0. The number of anilines is 2. The van der Waals surface area contributed by atoms with Gasteiger partial charge in [0, 0.05) is 19.3 Å². The second-order valence-electron chi connectivity index (χ2n) is 5.38. The van der Waals surface area contributed by atoms with E-state index in [1.807, 2.05) is 0 Å². The monoisotopic (exact) mass is 283 g/mol. The number of aromatic nitrogens is 4. The minimum absolute atomic E-state index is 0.311. The SMILES string of the molecule is CC1CCCN(c2nn(-c3cccnn3)c(N)c2C#N)C1. The van der Waals surface area contributed by atoms with Crippen molar-refractivity contribution in [2.75, 3.05) is 23.7 Å². The van der Waals surface area contributed by atoms with Crippen molar-refractivity contribution in [2.24, 2.45) is 5.92 Å². The first-order chi connectivity index (χ1) is 10.2. The van der Waals surface area contributed by atoms with Crippen molar-refractivity contribution in [3.63, 3.8) is 0 Å². The molecule has 2 aromatic rings. The minimum atomic E-state index is 0.311. The van der Waals surface area contributed by atoms with Gasteiger partial charge in [-0.15, -0.1) is 10.2 Å². The van der Waals surface area contributed by atoms with Crippen LogP contribution in [0.1, 0.15) is 25.3 Å². The smallest absolute Gasteiger partial charge is 0.178 e. The van der Waals surface area contributed by atoms with Gasteiger partial charge in [-0.25, -0.2) is 0 Å². The molecule has 3 heterocycles. The molecule has 108 valence electrons. The molecule has 1 atom stereocenters. The summed E-state index contributed by atoms with van der Waals surface area (Å²) in [4.78, 5) is 2.13. The second kappa shape index (κ2) is 5.40. The summed E-state index contributed by atoms with van der Waals surface area (Å²) in [7, 11) is 0. The van der Waals surface area contributed by atoms with Crippen LogP contribution >= 0.6 is 0 Å². The molecular weight excluding hydrogens is 266 g/mol. The molecule has 0 bridgehead atoms. The second-order valence-corrected chi connectivity index (χ2v) is 5.38. The van der Waals surface area contributed by atoms with Crippen molar-refractivity contribution in [1.29, 1.82) is 5.26 Å². The van der Waals surface area contributed by atoms with E-state index >= 15 is 0 Å². The lowest BCUT2D eigenvalue weighted by Gasteiger charge is -2.31. The Kier molecular flexibility index (Phi) is 3.44. The van der Waals surface area contributed by atoms with Crippen LogP contribution in [0.4, 0.5) is 11.6 Å². The molecule has 0 radical (unpaired) electrons. The average molecular weight is 283 g/mol. The fourth-order valence-electron chi connectivity index (χ4n) is 2.71. The van der Waals surface area contributed by atoms with Gasteiger partial charge in [-0.05, 0) is 30.9 Å². The Morgan fingerprint density at radius 2 is 2.33 bits per heavy atom. The number of nitrogens with two attached hydrogens (primary N) is 1. The number of piperidine rings is 1. The normalized spacial score (nSPS) is 18.5. The Bertz CT molecular complexity index is 671. The van der Waals surface area contributed by atoms with Crippen molar-refractivity contribution in [2.45, 2.75) is 19.8 Å². The summed E-state index contributed by atoms with van der Waals surface area (Å²) in [5.74, 6) is 2.06. The third-order valence-corrected chi connectivity index (χ3v) is 3.75. The van der Waals surface area contributed by atoms with Crippen molar-refractivity contribution in [3.8, 4) is 11.9 Å². The molecule has 0 aliphatic carbocycles. The van der Waals surface area contributed by atoms with Gasteiger partial charge in [0.2, 0.25) is 0 Å². The highest BCUT2D eigenvalue weighted by Gasteiger charge is 2.25. The summed E-state index contributed by atoms with van der Waals surface area (Å²) < 4.78 is 1.49. The summed E-state index contributed by atoms with van der Waals surface area (Å²) in [6, 6.07) is 5.69. The van der Waals surface area contributed by atoms with Crippen LogP contribution in [0, 0.1) is 17.2 Å². The van der Waals surface area contributed by atoms with Crippen LogP contribution in [-0.2, 0) is 0 Å². The summed E-state index contributed by atoms with van der Waals surface area (Å²) in [5.41, 5.74) is 6.48. The molecule has 0 saturated carbocycles. The highest BCUT2D eigenvalue weighted by molar-refractivity contribution is 5.66. The number of nitrogens with zero attached hydrogens (tertiary/aromatic N) is 6. The van der Waals surface area contributed by atoms with Crippen LogP contribution in [0.3, 0.4) is 0 Å².